The summed E-state index contributed by atoms with van der Waals surface area (Å²) >= 11 is 13.9. The van der Waals surface area contributed by atoms with Crippen LogP contribution in [0.1, 0.15) is 0 Å². The van der Waals surface area contributed by atoms with Gasteiger partial charge in [-0.15, -0.1) is 0 Å². The van der Waals surface area contributed by atoms with Crippen LogP contribution in [-0.4, -0.2) is 9.97 Å². The van der Waals surface area contributed by atoms with Gasteiger partial charge in [-0.25, -0.2) is 4.98 Å². The number of thiophene rings is 1. The van der Waals surface area contributed by atoms with E-state index in [1.165, 1.54) is 0 Å². The number of aromatic nitrogens is 2. The lowest BCUT2D eigenvalue weighted by Crippen LogP contribution is -1.84. The van der Waals surface area contributed by atoms with Gasteiger partial charge in [-0.2, -0.15) is 11.3 Å². The third-order valence-electron chi connectivity index (χ3n) is 3.75. The number of nitrogens with one attached hydrogen (secondary N) is 1. The van der Waals surface area contributed by atoms with Gasteiger partial charge in [0, 0.05) is 22.1 Å². The second kappa shape index (κ2) is 6.44. The minimum atomic E-state index is 0.522. The number of imidazole rings is 1. The highest BCUT2D eigenvalue weighted by atomic mass is 35.5. The zero-order valence-electron chi connectivity index (χ0n) is 12.5. The van der Waals surface area contributed by atoms with E-state index in [-0.39, 0.29) is 0 Å². The molecule has 0 atom stereocenters. The second-order valence-corrected chi connectivity index (χ2v) is 6.91. The van der Waals surface area contributed by atoms with E-state index < -0.39 is 0 Å². The van der Waals surface area contributed by atoms with Gasteiger partial charge in [0.15, 0.2) is 0 Å². The topological polar surface area (TPSA) is 28.7 Å². The van der Waals surface area contributed by atoms with Gasteiger partial charge >= 0.3 is 0 Å². The summed E-state index contributed by atoms with van der Waals surface area (Å²) in [5.41, 5.74) is 4.91. The molecule has 0 aliphatic rings. The van der Waals surface area contributed by atoms with Crippen molar-refractivity contribution in [2.75, 3.05) is 0 Å². The molecule has 2 aromatic carbocycles. The van der Waals surface area contributed by atoms with Gasteiger partial charge in [-0.1, -0.05) is 59.6 Å². The van der Waals surface area contributed by atoms with Gasteiger partial charge < -0.3 is 4.98 Å². The molecular formula is C19H12Cl2N2S. The standard InChI is InChI=1S/C19H12Cl2N2S/c20-15-7-6-13(10-16(15)21)18-17(12-4-2-1-3-5-12)22-19(23-18)14-8-9-24-11-14/h1-11H,(H,22,23). The third kappa shape index (κ3) is 2.86. The summed E-state index contributed by atoms with van der Waals surface area (Å²) in [6.45, 7) is 0. The average Bonchev–Trinajstić information content (AvgIpc) is 3.27. The molecule has 0 spiro atoms. The summed E-state index contributed by atoms with van der Waals surface area (Å²) in [4.78, 5) is 8.27. The van der Waals surface area contributed by atoms with Gasteiger partial charge in [-0.05, 0) is 23.6 Å². The van der Waals surface area contributed by atoms with E-state index in [2.05, 4.69) is 28.6 Å². The molecule has 2 aromatic heterocycles. The number of nitrogens with zero attached hydrogens (tertiary/aromatic N) is 1. The van der Waals surface area contributed by atoms with Crippen LogP contribution >= 0.6 is 34.5 Å². The number of halogens is 2. The summed E-state index contributed by atoms with van der Waals surface area (Å²) in [6, 6.07) is 17.8. The first kappa shape index (κ1) is 15.5. The molecular weight excluding hydrogens is 359 g/mol. The fraction of sp³-hybridized carbons (Fsp3) is 0. The van der Waals surface area contributed by atoms with Crippen LogP contribution in [0.3, 0.4) is 0 Å². The van der Waals surface area contributed by atoms with Crippen molar-refractivity contribution >= 4 is 34.5 Å². The van der Waals surface area contributed by atoms with Gasteiger partial charge in [0.2, 0.25) is 0 Å². The van der Waals surface area contributed by atoms with E-state index in [4.69, 9.17) is 28.2 Å². The maximum atomic E-state index is 6.20. The second-order valence-electron chi connectivity index (χ2n) is 5.32. The summed E-state index contributed by atoms with van der Waals surface area (Å²) < 4.78 is 0. The molecule has 0 unspecified atom stereocenters. The molecule has 5 heteroatoms. The van der Waals surface area contributed by atoms with Crippen molar-refractivity contribution in [3.05, 3.63) is 75.4 Å². The SMILES string of the molecule is Clc1ccc(-c2nc(-c3ccsc3)[nH]c2-c2ccccc2)cc1Cl. The number of H-pyrrole nitrogens is 1. The van der Waals surface area contributed by atoms with E-state index in [0.29, 0.717) is 10.0 Å². The third-order valence-corrected chi connectivity index (χ3v) is 5.18. The van der Waals surface area contributed by atoms with Gasteiger partial charge in [0.25, 0.3) is 0 Å². The molecule has 0 bridgehead atoms. The fourth-order valence-corrected chi connectivity index (χ4v) is 3.51. The van der Waals surface area contributed by atoms with Crippen molar-refractivity contribution in [3.8, 4) is 33.9 Å². The molecule has 0 amide bonds. The minimum Gasteiger partial charge on any atom is -0.337 e. The Balaban J connectivity index is 1.92. The average molecular weight is 371 g/mol. The van der Waals surface area contributed by atoms with Crippen molar-refractivity contribution in [1.82, 2.24) is 9.97 Å². The predicted octanol–water partition coefficient (Wildman–Crippen LogP) is 6.78. The summed E-state index contributed by atoms with van der Waals surface area (Å²) in [5, 5.41) is 5.17. The highest BCUT2D eigenvalue weighted by Gasteiger charge is 2.16. The van der Waals surface area contributed by atoms with Gasteiger partial charge in [-0.3, -0.25) is 0 Å². The minimum absolute atomic E-state index is 0.522. The number of rotatable bonds is 3. The quantitative estimate of drug-likeness (QED) is 0.422. The zero-order chi connectivity index (χ0) is 16.5. The van der Waals surface area contributed by atoms with Crippen molar-refractivity contribution in [1.29, 1.82) is 0 Å². The van der Waals surface area contributed by atoms with Crippen LogP contribution in [0.15, 0.2) is 65.4 Å². The molecule has 4 aromatic rings. The highest BCUT2D eigenvalue weighted by Crippen LogP contribution is 2.35. The maximum Gasteiger partial charge on any atom is 0.139 e. The van der Waals surface area contributed by atoms with Crippen LogP contribution in [0.4, 0.5) is 0 Å². The van der Waals surface area contributed by atoms with Crippen molar-refractivity contribution in [3.63, 3.8) is 0 Å². The lowest BCUT2D eigenvalue weighted by atomic mass is 10.1. The van der Waals surface area contributed by atoms with E-state index in [9.17, 15) is 0 Å². The molecule has 0 aliphatic carbocycles. The number of hydrogen-bond acceptors (Lipinski definition) is 2. The number of benzene rings is 2. The van der Waals surface area contributed by atoms with Crippen LogP contribution in [0.25, 0.3) is 33.9 Å². The van der Waals surface area contributed by atoms with E-state index in [0.717, 1.165) is 33.9 Å². The van der Waals surface area contributed by atoms with Crippen LogP contribution in [-0.2, 0) is 0 Å². The Bertz CT molecular complexity index is 976. The van der Waals surface area contributed by atoms with E-state index in [1.807, 2.05) is 35.7 Å². The Hall–Kier alpha value is -2.07. The van der Waals surface area contributed by atoms with E-state index in [1.54, 1.807) is 17.4 Å². The molecule has 0 aliphatic heterocycles. The number of hydrogen-bond donors (Lipinski definition) is 1. The largest absolute Gasteiger partial charge is 0.337 e. The summed E-state index contributed by atoms with van der Waals surface area (Å²) in [5.74, 6) is 0.844. The Labute approximate surface area is 153 Å². The number of aromatic amines is 1. The maximum absolute atomic E-state index is 6.20. The summed E-state index contributed by atoms with van der Waals surface area (Å²) in [7, 11) is 0. The first-order valence-corrected chi connectivity index (χ1v) is 9.05. The van der Waals surface area contributed by atoms with Crippen molar-refractivity contribution in [2.45, 2.75) is 0 Å². The normalized spacial score (nSPS) is 10.9. The van der Waals surface area contributed by atoms with Crippen LogP contribution in [0, 0.1) is 0 Å². The Kier molecular flexibility index (Phi) is 4.15. The zero-order valence-corrected chi connectivity index (χ0v) is 14.8. The van der Waals surface area contributed by atoms with E-state index >= 15 is 0 Å². The predicted molar refractivity (Wildman–Crippen MR) is 103 cm³/mol. The van der Waals surface area contributed by atoms with Crippen LogP contribution < -0.4 is 0 Å². The molecule has 2 heterocycles. The molecule has 24 heavy (non-hydrogen) atoms. The molecule has 0 saturated carbocycles. The molecule has 2 nitrogen and oxygen atoms in total. The first-order chi connectivity index (χ1) is 11.7. The molecule has 1 N–H and O–H groups in total. The lowest BCUT2D eigenvalue weighted by Gasteiger charge is -2.04. The monoisotopic (exact) mass is 370 g/mol. The van der Waals surface area contributed by atoms with Crippen LogP contribution in [0.5, 0.6) is 0 Å². The Morgan fingerprint density at radius 1 is 0.833 bits per heavy atom. The first-order valence-electron chi connectivity index (χ1n) is 7.36. The smallest absolute Gasteiger partial charge is 0.139 e. The van der Waals surface area contributed by atoms with Crippen LogP contribution in [0.2, 0.25) is 10.0 Å². The Morgan fingerprint density at radius 2 is 1.67 bits per heavy atom. The molecule has 0 fully saturated rings. The molecule has 118 valence electrons. The molecule has 0 radical (unpaired) electrons. The van der Waals surface area contributed by atoms with Crippen molar-refractivity contribution in [2.24, 2.45) is 0 Å². The molecule has 4 rings (SSSR count). The molecule has 0 saturated heterocycles. The lowest BCUT2D eigenvalue weighted by molar-refractivity contribution is 1.32. The summed E-state index contributed by atoms with van der Waals surface area (Å²) in [6.07, 6.45) is 0. The van der Waals surface area contributed by atoms with Crippen molar-refractivity contribution < 1.29 is 0 Å². The highest BCUT2D eigenvalue weighted by molar-refractivity contribution is 7.08. The van der Waals surface area contributed by atoms with Gasteiger partial charge in [0.05, 0.1) is 21.4 Å². The van der Waals surface area contributed by atoms with Gasteiger partial charge in [0.1, 0.15) is 5.82 Å². The fourth-order valence-electron chi connectivity index (χ4n) is 2.58. The Morgan fingerprint density at radius 3 is 2.38 bits per heavy atom.